The predicted molar refractivity (Wildman–Crippen MR) is 225 cm³/mol. The van der Waals surface area contributed by atoms with Gasteiger partial charge in [0.25, 0.3) is 0 Å². The summed E-state index contributed by atoms with van der Waals surface area (Å²) in [6, 6.07) is 51.4. The van der Waals surface area contributed by atoms with Crippen LogP contribution in [0.4, 0.5) is 0 Å². The number of rotatable bonds is 7. The first-order chi connectivity index (χ1) is 27.7. The van der Waals surface area contributed by atoms with Crippen LogP contribution in [0.1, 0.15) is 24.2 Å². The van der Waals surface area contributed by atoms with E-state index in [1.807, 2.05) is 122 Å². The molecule has 0 atom stereocenters. The van der Waals surface area contributed by atoms with Crippen LogP contribution in [-0.4, -0.2) is 34.9 Å². The van der Waals surface area contributed by atoms with Crippen molar-refractivity contribution in [2.45, 2.75) is 12.8 Å². The Morgan fingerprint density at radius 1 is 0.304 bits per heavy atom. The van der Waals surface area contributed by atoms with Crippen molar-refractivity contribution < 1.29 is 0 Å². The molecular formula is C49H33N7. The molecular weight excluding hydrogens is 687 g/mol. The van der Waals surface area contributed by atoms with Crippen LogP contribution in [0.25, 0.3) is 89.6 Å². The minimum Gasteiger partial charge on any atom is -0.236 e. The van der Waals surface area contributed by atoms with Gasteiger partial charge < -0.3 is 0 Å². The Morgan fingerprint density at radius 3 is 1.36 bits per heavy atom. The molecule has 10 rings (SSSR count). The Hall–Kier alpha value is -7.51. The highest BCUT2D eigenvalue weighted by Crippen LogP contribution is 2.36. The Labute approximate surface area is 323 Å². The Morgan fingerprint density at radius 2 is 0.750 bits per heavy atom. The monoisotopic (exact) mass is 719 g/mol. The average Bonchev–Trinajstić information content (AvgIpc) is 3.29. The highest BCUT2D eigenvalue weighted by atomic mass is 15.0. The fourth-order valence-corrected chi connectivity index (χ4v) is 7.16. The maximum Gasteiger partial charge on any atom is 0.164 e. The number of para-hydroxylation sites is 2. The van der Waals surface area contributed by atoms with Gasteiger partial charge in [0, 0.05) is 45.4 Å². The van der Waals surface area contributed by atoms with Crippen LogP contribution in [0.2, 0.25) is 0 Å². The fraction of sp³-hybridized carbons (Fsp3) is 0.0408. The van der Waals surface area contributed by atoms with Gasteiger partial charge in [0.05, 0.1) is 11.0 Å². The lowest BCUT2D eigenvalue weighted by Gasteiger charge is -2.17. The van der Waals surface area contributed by atoms with E-state index < -0.39 is 0 Å². The summed E-state index contributed by atoms with van der Waals surface area (Å²) in [5, 5.41) is 2.06. The standard InChI is InChI=1S/C49H33N7/c1-3-11-34(12-4-1)47-54-48(35-13-5-2-6-14-35)56-49(55-47)42-28-40(32-19-23-36(24-20-32)45-50-30-38-15-7-9-17-43(38)52-45)27-41(29-42)33-21-25-37(26-22-33)46-51-31-39-16-8-10-18-44(39)53-46/h1-21,23-25,27-31H,22,26H2. The van der Waals surface area contributed by atoms with E-state index in [2.05, 4.69) is 59.6 Å². The molecule has 56 heavy (non-hydrogen) atoms. The first-order valence-electron chi connectivity index (χ1n) is 18.7. The van der Waals surface area contributed by atoms with Gasteiger partial charge >= 0.3 is 0 Å². The van der Waals surface area contributed by atoms with Crippen molar-refractivity contribution in [3.63, 3.8) is 0 Å². The van der Waals surface area contributed by atoms with Gasteiger partial charge in [-0.2, -0.15) is 0 Å². The number of hydrogen-bond acceptors (Lipinski definition) is 7. The van der Waals surface area contributed by atoms with Crippen molar-refractivity contribution in [1.82, 2.24) is 34.9 Å². The van der Waals surface area contributed by atoms with Crippen LogP contribution in [0.3, 0.4) is 0 Å². The number of aromatic nitrogens is 7. The number of nitrogens with zero attached hydrogens (tertiary/aromatic N) is 7. The summed E-state index contributed by atoms with van der Waals surface area (Å²) in [5.41, 5.74) is 11.2. The zero-order valence-electron chi connectivity index (χ0n) is 30.3. The largest absolute Gasteiger partial charge is 0.236 e. The van der Waals surface area contributed by atoms with Crippen LogP contribution in [0.5, 0.6) is 0 Å². The second-order valence-corrected chi connectivity index (χ2v) is 13.8. The van der Waals surface area contributed by atoms with Gasteiger partial charge in [0.15, 0.2) is 29.1 Å². The van der Waals surface area contributed by atoms with Crippen LogP contribution in [0.15, 0.2) is 176 Å². The quantitative estimate of drug-likeness (QED) is 0.162. The van der Waals surface area contributed by atoms with E-state index >= 15 is 0 Å². The van der Waals surface area contributed by atoms with E-state index in [0.717, 1.165) is 85.0 Å². The molecule has 1 aliphatic carbocycles. The Bertz CT molecular complexity index is 2900. The van der Waals surface area contributed by atoms with Crippen molar-refractivity contribution >= 4 is 33.0 Å². The minimum atomic E-state index is 0.610. The maximum atomic E-state index is 5.09. The molecule has 0 radical (unpaired) electrons. The summed E-state index contributed by atoms with van der Waals surface area (Å²) in [4.78, 5) is 34.2. The molecule has 3 aromatic heterocycles. The maximum absolute atomic E-state index is 5.09. The molecule has 0 spiro atoms. The molecule has 0 aliphatic heterocycles. The molecule has 7 heteroatoms. The van der Waals surface area contributed by atoms with Crippen LogP contribution in [0, 0.1) is 0 Å². The van der Waals surface area contributed by atoms with Gasteiger partial charge in [0.1, 0.15) is 0 Å². The predicted octanol–water partition coefficient (Wildman–Crippen LogP) is 11.4. The van der Waals surface area contributed by atoms with E-state index in [9.17, 15) is 0 Å². The lowest BCUT2D eigenvalue weighted by Crippen LogP contribution is -2.02. The van der Waals surface area contributed by atoms with Gasteiger partial charge in [-0.15, -0.1) is 0 Å². The van der Waals surface area contributed by atoms with E-state index in [4.69, 9.17) is 29.9 Å². The summed E-state index contributed by atoms with van der Waals surface area (Å²) < 4.78 is 0. The molecule has 9 aromatic rings. The van der Waals surface area contributed by atoms with Gasteiger partial charge in [-0.3, -0.25) is 0 Å². The first kappa shape index (κ1) is 33.1. The van der Waals surface area contributed by atoms with Crippen molar-refractivity contribution in [2.75, 3.05) is 0 Å². The SMILES string of the molecule is C1=C(c2cc(-c3ccc(-c4ncc5ccccc5n4)cc3)cc(-c3nc(-c4ccccc4)nc(-c4ccccc4)n3)c2)CCC(c2ncc3ccccc3n2)=C1. The molecule has 264 valence electrons. The molecule has 1 aliphatic rings. The third kappa shape index (κ3) is 6.63. The molecule has 0 fully saturated rings. The Balaban J connectivity index is 1.09. The third-order valence-electron chi connectivity index (χ3n) is 10.2. The van der Waals surface area contributed by atoms with E-state index in [-0.39, 0.29) is 0 Å². The van der Waals surface area contributed by atoms with Crippen LogP contribution in [-0.2, 0) is 0 Å². The van der Waals surface area contributed by atoms with Crippen molar-refractivity contribution in [2.24, 2.45) is 0 Å². The Kier molecular flexibility index (Phi) is 8.50. The summed E-state index contributed by atoms with van der Waals surface area (Å²) >= 11 is 0. The van der Waals surface area contributed by atoms with Gasteiger partial charge in [-0.1, -0.05) is 133 Å². The third-order valence-corrected chi connectivity index (χ3v) is 10.2. The number of hydrogen-bond donors (Lipinski definition) is 0. The lowest BCUT2D eigenvalue weighted by atomic mass is 9.89. The highest BCUT2D eigenvalue weighted by Gasteiger charge is 2.18. The fourth-order valence-electron chi connectivity index (χ4n) is 7.16. The van der Waals surface area contributed by atoms with Gasteiger partial charge in [-0.05, 0) is 71.0 Å². The van der Waals surface area contributed by atoms with E-state index in [1.165, 1.54) is 5.57 Å². The summed E-state index contributed by atoms with van der Waals surface area (Å²) in [6.07, 6.45) is 9.83. The molecule has 0 saturated carbocycles. The number of allylic oxidation sites excluding steroid dienone is 4. The van der Waals surface area contributed by atoms with Gasteiger partial charge in [-0.25, -0.2) is 34.9 Å². The number of benzene rings is 6. The van der Waals surface area contributed by atoms with E-state index in [0.29, 0.717) is 23.3 Å². The minimum absolute atomic E-state index is 0.610. The van der Waals surface area contributed by atoms with Crippen molar-refractivity contribution in [3.05, 3.63) is 188 Å². The van der Waals surface area contributed by atoms with Crippen molar-refractivity contribution in [1.29, 1.82) is 0 Å². The molecule has 3 heterocycles. The molecule has 0 amide bonds. The lowest BCUT2D eigenvalue weighted by molar-refractivity contribution is 1.03. The van der Waals surface area contributed by atoms with Crippen LogP contribution < -0.4 is 0 Å². The van der Waals surface area contributed by atoms with Crippen molar-refractivity contribution in [3.8, 4) is 56.7 Å². The zero-order chi connectivity index (χ0) is 37.3. The van der Waals surface area contributed by atoms with Crippen LogP contribution >= 0.6 is 0 Å². The molecule has 7 nitrogen and oxygen atoms in total. The number of fused-ring (bicyclic) bond motifs is 2. The normalized spacial score (nSPS) is 12.7. The summed E-state index contributed by atoms with van der Waals surface area (Å²) in [7, 11) is 0. The molecule has 0 saturated heterocycles. The molecule has 0 bridgehead atoms. The van der Waals surface area contributed by atoms with E-state index in [1.54, 1.807) is 0 Å². The molecule has 0 N–H and O–H groups in total. The molecule has 6 aromatic carbocycles. The second kappa shape index (κ2) is 14.4. The second-order valence-electron chi connectivity index (χ2n) is 13.8. The first-order valence-corrected chi connectivity index (χ1v) is 18.7. The van der Waals surface area contributed by atoms with Gasteiger partial charge in [0.2, 0.25) is 0 Å². The summed E-state index contributed by atoms with van der Waals surface area (Å²) in [5.74, 6) is 3.33. The smallest absolute Gasteiger partial charge is 0.164 e. The zero-order valence-corrected chi connectivity index (χ0v) is 30.3. The topological polar surface area (TPSA) is 90.2 Å². The summed E-state index contributed by atoms with van der Waals surface area (Å²) in [6.45, 7) is 0. The average molecular weight is 720 g/mol. The molecule has 0 unspecified atom stereocenters. The highest BCUT2D eigenvalue weighted by molar-refractivity contribution is 5.85.